The van der Waals surface area contributed by atoms with Gasteiger partial charge in [-0.25, -0.2) is 0 Å². The van der Waals surface area contributed by atoms with Crippen LogP contribution in [-0.4, -0.2) is 31.1 Å². The Morgan fingerprint density at radius 3 is 2.39 bits per heavy atom. The molecule has 23 heavy (non-hydrogen) atoms. The number of halogens is 1. The lowest BCUT2D eigenvalue weighted by Crippen LogP contribution is -2.40. The fourth-order valence-electron chi connectivity index (χ4n) is 3.12. The van der Waals surface area contributed by atoms with Crippen LogP contribution in [0.1, 0.15) is 49.9 Å². The maximum Gasteiger partial charge on any atom is 0.252 e. The normalized spacial score (nSPS) is 21.3. The van der Waals surface area contributed by atoms with Gasteiger partial charge in [0.15, 0.2) is 0 Å². The van der Waals surface area contributed by atoms with E-state index in [4.69, 9.17) is 22.1 Å². The first kappa shape index (κ1) is 17.9. The first-order chi connectivity index (χ1) is 10.9. The maximum atomic E-state index is 11.4. The predicted molar refractivity (Wildman–Crippen MR) is 94.5 cm³/mol. The number of hydrogen-bond donors (Lipinski definition) is 3. The fourth-order valence-corrected chi connectivity index (χ4v) is 3.34. The minimum absolute atomic E-state index is 0.299. The van der Waals surface area contributed by atoms with Crippen molar-refractivity contribution in [3.05, 3.63) is 22.7 Å². The molecule has 1 amide bonds. The van der Waals surface area contributed by atoms with E-state index in [2.05, 4.69) is 24.5 Å². The zero-order chi connectivity index (χ0) is 17.0. The summed E-state index contributed by atoms with van der Waals surface area (Å²) in [6.45, 7) is 4.35. The molecule has 0 bridgehead atoms. The summed E-state index contributed by atoms with van der Waals surface area (Å²) in [6, 6.07) is 4.81. The van der Waals surface area contributed by atoms with E-state index >= 15 is 0 Å². The first-order valence-electron chi connectivity index (χ1n) is 8.10. The van der Waals surface area contributed by atoms with E-state index in [0.717, 1.165) is 31.4 Å². The van der Waals surface area contributed by atoms with Gasteiger partial charge in [0.05, 0.1) is 23.4 Å². The van der Waals surface area contributed by atoms with Crippen molar-refractivity contribution in [2.75, 3.05) is 12.4 Å². The molecule has 4 N–H and O–H groups in total. The second-order valence-corrected chi connectivity index (χ2v) is 6.82. The summed E-state index contributed by atoms with van der Waals surface area (Å²) < 4.78 is 5.24. The van der Waals surface area contributed by atoms with Crippen molar-refractivity contribution < 1.29 is 9.53 Å². The largest absolute Gasteiger partial charge is 0.496 e. The Morgan fingerprint density at radius 2 is 1.87 bits per heavy atom. The van der Waals surface area contributed by atoms with Gasteiger partial charge in [-0.05, 0) is 31.7 Å². The number of rotatable bonds is 6. The van der Waals surface area contributed by atoms with Crippen LogP contribution in [-0.2, 0) is 0 Å². The molecule has 0 spiro atoms. The molecule has 1 fully saturated rings. The van der Waals surface area contributed by atoms with Crippen molar-refractivity contribution in [1.29, 1.82) is 0 Å². The van der Waals surface area contributed by atoms with E-state index in [1.807, 2.05) is 0 Å². The zero-order valence-corrected chi connectivity index (χ0v) is 14.7. The molecule has 6 heteroatoms. The van der Waals surface area contributed by atoms with Crippen molar-refractivity contribution in [3.8, 4) is 5.75 Å². The number of carbonyl (C=O) groups is 1. The standard InChI is InChI=1S/C17H26ClN3O2/c1-10(2)20-11-4-6-12(7-5-11)21-15-9-16(23-3)13(17(19)22)8-14(15)18/h8-12,20-21H,4-7H2,1-3H3,(H2,19,22). The Kier molecular flexibility index (Phi) is 6.13. The number of benzene rings is 1. The van der Waals surface area contributed by atoms with Gasteiger partial charge in [0, 0.05) is 24.2 Å². The van der Waals surface area contributed by atoms with E-state index in [1.165, 1.54) is 7.11 Å². The molecular formula is C17H26ClN3O2. The van der Waals surface area contributed by atoms with Gasteiger partial charge in [0.1, 0.15) is 5.75 Å². The summed E-state index contributed by atoms with van der Waals surface area (Å²) in [4.78, 5) is 11.4. The molecule has 2 rings (SSSR count). The van der Waals surface area contributed by atoms with E-state index in [0.29, 0.717) is 34.5 Å². The lowest BCUT2D eigenvalue weighted by Gasteiger charge is -2.31. The number of carbonyl (C=O) groups excluding carboxylic acids is 1. The number of amides is 1. The number of methoxy groups -OCH3 is 1. The second kappa shape index (κ2) is 7.88. The third kappa shape index (κ3) is 4.75. The van der Waals surface area contributed by atoms with E-state index in [9.17, 15) is 4.79 Å². The molecule has 0 radical (unpaired) electrons. The predicted octanol–water partition coefficient (Wildman–Crippen LogP) is 3.17. The van der Waals surface area contributed by atoms with Crippen molar-refractivity contribution in [2.45, 2.75) is 57.7 Å². The molecule has 5 nitrogen and oxygen atoms in total. The van der Waals surface area contributed by atoms with Gasteiger partial charge in [-0.3, -0.25) is 4.79 Å². The SMILES string of the molecule is COc1cc(NC2CCC(NC(C)C)CC2)c(Cl)cc1C(N)=O. The number of nitrogens with two attached hydrogens (primary N) is 1. The molecule has 1 aliphatic rings. The monoisotopic (exact) mass is 339 g/mol. The summed E-state index contributed by atoms with van der Waals surface area (Å²) in [7, 11) is 1.52. The van der Waals surface area contributed by atoms with Gasteiger partial charge in [-0.1, -0.05) is 25.4 Å². The average molecular weight is 340 g/mol. The molecule has 0 aromatic heterocycles. The Morgan fingerprint density at radius 1 is 1.26 bits per heavy atom. The number of nitrogens with one attached hydrogen (secondary N) is 2. The summed E-state index contributed by atoms with van der Waals surface area (Å²) in [5, 5.41) is 7.55. The van der Waals surface area contributed by atoms with Crippen LogP contribution in [0.4, 0.5) is 5.69 Å². The third-order valence-corrected chi connectivity index (χ3v) is 4.52. The highest BCUT2D eigenvalue weighted by Crippen LogP contribution is 2.33. The molecule has 0 saturated heterocycles. The molecule has 0 heterocycles. The minimum atomic E-state index is -0.546. The number of primary amides is 1. The minimum Gasteiger partial charge on any atom is -0.496 e. The first-order valence-corrected chi connectivity index (χ1v) is 8.48. The smallest absolute Gasteiger partial charge is 0.252 e. The van der Waals surface area contributed by atoms with Gasteiger partial charge in [-0.15, -0.1) is 0 Å². The van der Waals surface area contributed by atoms with Crippen LogP contribution in [0.3, 0.4) is 0 Å². The van der Waals surface area contributed by atoms with Crippen LogP contribution in [0.25, 0.3) is 0 Å². The lowest BCUT2D eigenvalue weighted by atomic mass is 9.90. The summed E-state index contributed by atoms with van der Waals surface area (Å²) >= 11 is 6.28. The zero-order valence-electron chi connectivity index (χ0n) is 14.0. The Balaban J connectivity index is 2.02. The second-order valence-electron chi connectivity index (χ2n) is 6.41. The Hall–Kier alpha value is -1.46. The van der Waals surface area contributed by atoms with Crippen LogP contribution in [0.5, 0.6) is 5.75 Å². The topological polar surface area (TPSA) is 76.4 Å². The summed E-state index contributed by atoms with van der Waals surface area (Å²) in [6.07, 6.45) is 4.45. The Bertz CT molecular complexity index is 555. The van der Waals surface area contributed by atoms with Crippen LogP contribution < -0.4 is 21.1 Å². The quantitative estimate of drug-likeness (QED) is 0.744. The van der Waals surface area contributed by atoms with Crippen molar-refractivity contribution in [1.82, 2.24) is 5.32 Å². The molecule has 1 aromatic rings. The van der Waals surface area contributed by atoms with Crippen molar-refractivity contribution in [3.63, 3.8) is 0 Å². The number of ether oxygens (including phenoxy) is 1. The number of hydrogen-bond acceptors (Lipinski definition) is 4. The molecular weight excluding hydrogens is 314 g/mol. The summed E-state index contributed by atoms with van der Waals surface area (Å²) in [5.41, 5.74) is 6.43. The maximum absolute atomic E-state index is 11.4. The van der Waals surface area contributed by atoms with E-state index < -0.39 is 5.91 Å². The van der Waals surface area contributed by atoms with Crippen LogP contribution in [0.15, 0.2) is 12.1 Å². The van der Waals surface area contributed by atoms with Gasteiger partial charge in [0.2, 0.25) is 0 Å². The van der Waals surface area contributed by atoms with Gasteiger partial charge >= 0.3 is 0 Å². The van der Waals surface area contributed by atoms with Gasteiger partial charge in [0.25, 0.3) is 5.91 Å². The molecule has 0 unspecified atom stereocenters. The van der Waals surface area contributed by atoms with Crippen molar-refractivity contribution in [2.24, 2.45) is 5.73 Å². The lowest BCUT2D eigenvalue weighted by molar-refractivity contribution is 0.0997. The molecule has 1 aliphatic carbocycles. The molecule has 1 aromatic carbocycles. The average Bonchev–Trinajstić information content (AvgIpc) is 2.50. The van der Waals surface area contributed by atoms with Crippen LogP contribution >= 0.6 is 11.6 Å². The summed E-state index contributed by atoms with van der Waals surface area (Å²) in [5.74, 6) is -0.102. The highest BCUT2D eigenvalue weighted by atomic mass is 35.5. The van der Waals surface area contributed by atoms with Crippen LogP contribution in [0, 0.1) is 0 Å². The van der Waals surface area contributed by atoms with Gasteiger partial charge in [-0.2, -0.15) is 0 Å². The third-order valence-electron chi connectivity index (χ3n) is 4.21. The van der Waals surface area contributed by atoms with E-state index in [-0.39, 0.29) is 0 Å². The molecule has 0 atom stereocenters. The van der Waals surface area contributed by atoms with Gasteiger partial charge < -0.3 is 21.1 Å². The fraction of sp³-hybridized carbons (Fsp3) is 0.588. The van der Waals surface area contributed by atoms with E-state index in [1.54, 1.807) is 12.1 Å². The Labute approximate surface area is 142 Å². The number of anilines is 1. The highest BCUT2D eigenvalue weighted by Gasteiger charge is 2.22. The molecule has 128 valence electrons. The molecule has 1 saturated carbocycles. The van der Waals surface area contributed by atoms with Crippen molar-refractivity contribution >= 4 is 23.2 Å². The van der Waals surface area contributed by atoms with Crippen LogP contribution in [0.2, 0.25) is 5.02 Å². The highest BCUT2D eigenvalue weighted by molar-refractivity contribution is 6.33. The molecule has 0 aliphatic heterocycles.